The maximum absolute atomic E-state index is 13.0. The number of carbonyl (C=O) groups is 1. The summed E-state index contributed by atoms with van der Waals surface area (Å²) in [6.45, 7) is 4.31. The molecule has 192 valence electrons. The monoisotopic (exact) mass is 502 g/mol. The summed E-state index contributed by atoms with van der Waals surface area (Å²) in [5.74, 6) is 0.136. The number of nitrogens with zero attached hydrogens (tertiary/aromatic N) is 4. The van der Waals surface area contributed by atoms with E-state index in [1.165, 1.54) is 7.11 Å². The predicted molar refractivity (Wildman–Crippen MR) is 139 cm³/mol. The molecule has 0 spiro atoms. The number of rotatable bonds is 10. The molecule has 10 heteroatoms. The van der Waals surface area contributed by atoms with Crippen LogP contribution in [-0.2, 0) is 28.0 Å². The Morgan fingerprint density at radius 2 is 1.78 bits per heavy atom. The van der Waals surface area contributed by atoms with Crippen molar-refractivity contribution in [2.45, 2.75) is 32.4 Å². The van der Waals surface area contributed by atoms with Crippen molar-refractivity contribution < 1.29 is 19.0 Å². The summed E-state index contributed by atoms with van der Waals surface area (Å²) in [5.41, 5.74) is 9.36. The van der Waals surface area contributed by atoms with Crippen molar-refractivity contribution in [1.29, 1.82) is 0 Å². The summed E-state index contributed by atoms with van der Waals surface area (Å²) in [6.07, 6.45) is 2.42. The van der Waals surface area contributed by atoms with E-state index in [1.54, 1.807) is 25.3 Å². The number of ether oxygens (including phenoxy) is 3. The molecule has 3 aromatic heterocycles. The fraction of sp³-hybridized carbons (Fsp3) is 0.296. The minimum absolute atomic E-state index is 0.00412. The molecule has 3 heterocycles. The van der Waals surface area contributed by atoms with Crippen LogP contribution in [0.2, 0.25) is 0 Å². The second-order valence-corrected chi connectivity index (χ2v) is 8.88. The van der Waals surface area contributed by atoms with Crippen LogP contribution < -0.4 is 15.8 Å². The molecule has 10 nitrogen and oxygen atoms in total. The Morgan fingerprint density at radius 3 is 2.51 bits per heavy atom. The third-order valence-corrected chi connectivity index (χ3v) is 5.80. The van der Waals surface area contributed by atoms with Crippen molar-refractivity contribution in [2.75, 3.05) is 26.7 Å². The molecule has 0 bridgehead atoms. The lowest BCUT2D eigenvalue weighted by atomic mass is 10.0. The number of hydrogen-bond donors (Lipinski definition) is 2. The number of aromatic nitrogens is 4. The fourth-order valence-electron chi connectivity index (χ4n) is 3.84. The number of nitrogen functional groups attached to an aromatic ring is 1. The maximum Gasteiger partial charge on any atom is 0.271 e. The second kappa shape index (κ2) is 11.3. The molecule has 0 fully saturated rings. The summed E-state index contributed by atoms with van der Waals surface area (Å²) in [7, 11) is 3.12. The second-order valence-electron chi connectivity index (χ2n) is 8.88. The van der Waals surface area contributed by atoms with Crippen LogP contribution in [0.1, 0.15) is 47.0 Å². The molecule has 0 saturated heterocycles. The van der Waals surface area contributed by atoms with E-state index in [0.29, 0.717) is 28.8 Å². The van der Waals surface area contributed by atoms with Gasteiger partial charge in [-0.15, -0.1) is 0 Å². The maximum atomic E-state index is 13.0. The molecular weight excluding hydrogens is 472 g/mol. The lowest BCUT2D eigenvalue weighted by Crippen LogP contribution is -2.25. The zero-order valence-electron chi connectivity index (χ0n) is 21.3. The van der Waals surface area contributed by atoms with E-state index in [1.807, 2.05) is 50.4 Å². The van der Waals surface area contributed by atoms with Gasteiger partial charge in [0.15, 0.2) is 0 Å². The van der Waals surface area contributed by atoms with E-state index >= 15 is 0 Å². The standard InChI is InChI=1S/C27H30N6O4/c1-27(2,37-16-35-3)22-12-11-17(14-29-22)13-18-7-5-8-19(31-18)15-30-25(34)24-20-9-6-10-21(36-4)23(20)32-26(28)33-24/h5-12,14H,13,15-16H2,1-4H3,(H,30,34)(H2,28,32,33). The first-order valence-electron chi connectivity index (χ1n) is 11.7. The van der Waals surface area contributed by atoms with Gasteiger partial charge in [-0.2, -0.15) is 0 Å². The predicted octanol–water partition coefficient (Wildman–Crippen LogP) is 3.39. The number of nitrogens with two attached hydrogens (primary N) is 1. The van der Waals surface area contributed by atoms with Crippen LogP contribution in [0.3, 0.4) is 0 Å². The van der Waals surface area contributed by atoms with Crippen LogP contribution in [0.15, 0.2) is 54.7 Å². The number of hydrogen-bond acceptors (Lipinski definition) is 9. The van der Waals surface area contributed by atoms with Gasteiger partial charge in [-0.25, -0.2) is 9.97 Å². The molecule has 0 aliphatic heterocycles. The highest BCUT2D eigenvalue weighted by molar-refractivity contribution is 6.05. The highest BCUT2D eigenvalue weighted by atomic mass is 16.7. The largest absolute Gasteiger partial charge is 0.494 e. The minimum atomic E-state index is -0.560. The average molecular weight is 503 g/mol. The number of amides is 1. The van der Waals surface area contributed by atoms with E-state index in [0.717, 1.165) is 17.0 Å². The molecule has 0 unspecified atom stereocenters. The Labute approximate surface area is 215 Å². The number of benzene rings is 1. The highest BCUT2D eigenvalue weighted by Crippen LogP contribution is 2.26. The van der Waals surface area contributed by atoms with Crippen LogP contribution in [0.5, 0.6) is 5.75 Å². The number of carbonyl (C=O) groups excluding carboxylic acids is 1. The smallest absolute Gasteiger partial charge is 0.271 e. The molecule has 0 radical (unpaired) electrons. The molecule has 0 atom stereocenters. The summed E-state index contributed by atoms with van der Waals surface area (Å²) < 4.78 is 16.1. The molecule has 4 rings (SSSR count). The first kappa shape index (κ1) is 25.9. The summed E-state index contributed by atoms with van der Waals surface area (Å²) >= 11 is 0. The molecule has 0 aliphatic carbocycles. The van der Waals surface area contributed by atoms with Gasteiger partial charge >= 0.3 is 0 Å². The zero-order valence-corrected chi connectivity index (χ0v) is 21.3. The molecule has 0 aliphatic rings. The lowest BCUT2D eigenvalue weighted by Gasteiger charge is -2.24. The fourth-order valence-corrected chi connectivity index (χ4v) is 3.84. The number of para-hydroxylation sites is 1. The van der Waals surface area contributed by atoms with Crippen LogP contribution in [0.25, 0.3) is 10.9 Å². The van der Waals surface area contributed by atoms with E-state index in [4.69, 9.17) is 24.9 Å². The number of methoxy groups -OCH3 is 2. The van der Waals surface area contributed by atoms with Gasteiger partial charge in [0.25, 0.3) is 5.91 Å². The number of anilines is 1. The Hall–Kier alpha value is -4.15. The topological polar surface area (TPSA) is 134 Å². The number of nitrogens with one attached hydrogen (secondary N) is 1. The Kier molecular flexibility index (Phi) is 7.90. The van der Waals surface area contributed by atoms with Gasteiger partial charge in [0.05, 0.1) is 25.0 Å². The van der Waals surface area contributed by atoms with E-state index < -0.39 is 5.60 Å². The molecule has 3 N–H and O–H groups in total. The van der Waals surface area contributed by atoms with Crippen LogP contribution in [-0.4, -0.2) is 46.9 Å². The third kappa shape index (κ3) is 6.16. The van der Waals surface area contributed by atoms with Crippen molar-refractivity contribution >= 4 is 22.8 Å². The van der Waals surface area contributed by atoms with Crippen molar-refractivity contribution in [2.24, 2.45) is 0 Å². The third-order valence-electron chi connectivity index (χ3n) is 5.80. The molecule has 1 aromatic carbocycles. The van der Waals surface area contributed by atoms with Gasteiger partial charge in [0.2, 0.25) is 5.95 Å². The first-order chi connectivity index (χ1) is 17.8. The zero-order chi connectivity index (χ0) is 26.4. The Bertz CT molecular complexity index is 1390. The van der Waals surface area contributed by atoms with Crippen LogP contribution >= 0.6 is 0 Å². The molecular formula is C27H30N6O4. The quantitative estimate of drug-likeness (QED) is 0.313. The Balaban J connectivity index is 1.44. The number of fused-ring (bicyclic) bond motifs is 1. The van der Waals surface area contributed by atoms with Crippen molar-refractivity contribution in [3.05, 3.63) is 83.1 Å². The summed E-state index contributed by atoms with van der Waals surface area (Å²) in [4.78, 5) is 30.6. The molecule has 4 aromatic rings. The van der Waals surface area contributed by atoms with Gasteiger partial charge in [-0.1, -0.05) is 24.3 Å². The van der Waals surface area contributed by atoms with Crippen molar-refractivity contribution in [1.82, 2.24) is 25.3 Å². The SMILES string of the molecule is COCOC(C)(C)c1ccc(Cc2cccc(CNC(=O)c3nc(N)nc4c(OC)cccc34)n2)cn1. The van der Waals surface area contributed by atoms with Crippen LogP contribution in [0.4, 0.5) is 5.95 Å². The van der Waals surface area contributed by atoms with Crippen molar-refractivity contribution in [3.63, 3.8) is 0 Å². The van der Waals surface area contributed by atoms with E-state index in [2.05, 4.69) is 20.3 Å². The van der Waals surface area contributed by atoms with Gasteiger partial charge < -0.3 is 25.3 Å². The molecule has 37 heavy (non-hydrogen) atoms. The Morgan fingerprint density at radius 1 is 1.00 bits per heavy atom. The normalized spacial score (nSPS) is 11.5. The van der Waals surface area contributed by atoms with Gasteiger partial charge in [0, 0.05) is 30.8 Å². The van der Waals surface area contributed by atoms with Gasteiger partial charge in [-0.05, 0) is 43.7 Å². The van der Waals surface area contributed by atoms with Crippen LogP contribution in [0, 0.1) is 0 Å². The van der Waals surface area contributed by atoms with Crippen molar-refractivity contribution in [3.8, 4) is 5.75 Å². The number of pyridine rings is 2. The molecule has 1 amide bonds. The molecule has 0 saturated carbocycles. The van der Waals surface area contributed by atoms with Gasteiger partial charge in [0.1, 0.15) is 29.4 Å². The summed E-state index contributed by atoms with van der Waals surface area (Å²) in [5, 5.41) is 3.43. The minimum Gasteiger partial charge on any atom is -0.494 e. The first-order valence-corrected chi connectivity index (χ1v) is 11.7. The highest BCUT2D eigenvalue weighted by Gasteiger charge is 2.23. The lowest BCUT2D eigenvalue weighted by molar-refractivity contribution is -0.120. The average Bonchev–Trinajstić information content (AvgIpc) is 2.90. The summed E-state index contributed by atoms with van der Waals surface area (Å²) in [6, 6.07) is 15.0. The van der Waals surface area contributed by atoms with E-state index in [9.17, 15) is 4.79 Å². The van der Waals surface area contributed by atoms with Gasteiger partial charge in [-0.3, -0.25) is 14.8 Å². The van der Waals surface area contributed by atoms with E-state index in [-0.39, 0.29) is 30.9 Å².